The second kappa shape index (κ2) is 8.30. The molecule has 142 valence electrons. The highest BCUT2D eigenvalue weighted by molar-refractivity contribution is 6.04. The Labute approximate surface area is 162 Å². The molecular weight excluding hydrogens is 356 g/mol. The van der Waals surface area contributed by atoms with Crippen molar-refractivity contribution in [1.29, 1.82) is 0 Å². The van der Waals surface area contributed by atoms with Gasteiger partial charge in [-0.2, -0.15) is 0 Å². The van der Waals surface area contributed by atoms with Crippen LogP contribution < -0.4 is 10.6 Å². The molecule has 0 spiro atoms. The van der Waals surface area contributed by atoms with E-state index >= 15 is 0 Å². The number of amides is 1. The van der Waals surface area contributed by atoms with Crippen molar-refractivity contribution in [2.24, 2.45) is 0 Å². The minimum atomic E-state index is -0.432. The van der Waals surface area contributed by atoms with Gasteiger partial charge < -0.3 is 15.4 Å². The molecular formula is C21H20N4O3. The zero-order chi connectivity index (χ0) is 20.1. The lowest BCUT2D eigenvalue weighted by Crippen LogP contribution is -2.13. The molecule has 28 heavy (non-hydrogen) atoms. The maximum atomic E-state index is 12.3. The van der Waals surface area contributed by atoms with E-state index in [0.717, 1.165) is 5.69 Å². The van der Waals surface area contributed by atoms with Crippen LogP contribution in [0.15, 0.2) is 54.9 Å². The average molecular weight is 376 g/mol. The van der Waals surface area contributed by atoms with Crippen molar-refractivity contribution in [2.75, 3.05) is 17.7 Å². The molecule has 0 fully saturated rings. The van der Waals surface area contributed by atoms with E-state index in [-0.39, 0.29) is 5.91 Å². The van der Waals surface area contributed by atoms with Crippen molar-refractivity contribution in [3.63, 3.8) is 0 Å². The monoisotopic (exact) mass is 376 g/mol. The first-order chi connectivity index (χ1) is 13.5. The number of aryl methyl sites for hydroxylation is 2. The molecule has 0 radical (unpaired) electrons. The summed E-state index contributed by atoms with van der Waals surface area (Å²) >= 11 is 0. The van der Waals surface area contributed by atoms with Gasteiger partial charge in [0.05, 0.1) is 18.2 Å². The fourth-order valence-electron chi connectivity index (χ4n) is 2.47. The summed E-state index contributed by atoms with van der Waals surface area (Å²) < 4.78 is 4.64. The molecule has 7 nitrogen and oxygen atoms in total. The average Bonchev–Trinajstić information content (AvgIpc) is 2.71. The molecule has 3 rings (SSSR count). The van der Waals surface area contributed by atoms with Gasteiger partial charge in [0.25, 0.3) is 5.91 Å². The van der Waals surface area contributed by atoms with Gasteiger partial charge >= 0.3 is 5.97 Å². The number of esters is 1. The van der Waals surface area contributed by atoms with Gasteiger partial charge in [0.15, 0.2) is 0 Å². The molecule has 3 aromatic rings. The van der Waals surface area contributed by atoms with Crippen molar-refractivity contribution in [2.45, 2.75) is 13.8 Å². The molecule has 2 N–H and O–H groups in total. The normalized spacial score (nSPS) is 10.2. The summed E-state index contributed by atoms with van der Waals surface area (Å²) in [6, 6.07) is 12.4. The van der Waals surface area contributed by atoms with E-state index in [4.69, 9.17) is 0 Å². The van der Waals surface area contributed by atoms with Gasteiger partial charge in [0.1, 0.15) is 0 Å². The number of ether oxygens (including phenoxy) is 1. The zero-order valence-corrected chi connectivity index (χ0v) is 15.8. The summed E-state index contributed by atoms with van der Waals surface area (Å²) in [7, 11) is 1.32. The van der Waals surface area contributed by atoms with Crippen molar-refractivity contribution >= 4 is 29.2 Å². The Morgan fingerprint density at radius 3 is 2.11 bits per heavy atom. The topological polar surface area (TPSA) is 93.2 Å². The number of hydrogen-bond donors (Lipinski definition) is 2. The van der Waals surface area contributed by atoms with Crippen molar-refractivity contribution in [3.05, 3.63) is 77.1 Å². The molecule has 0 bridgehead atoms. The van der Waals surface area contributed by atoms with Gasteiger partial charge in [-0.05, 0) is 61.4 Å². The van der Waals surface area contributed by atoms with Crippen LogP contribution in [0.2, 0.25) is 0 Å². The number of aromatic nitrogens is 2. The second-order valence-corrected chi connectivity index (χ2v) is 6.24. The fraction of sp³-hybridized carbons (Fsp3) is 0.143. The molecule has 0 saturated carbocycles. The Kier molecular flexibility index (Phi) is 5.64. The summed E-state index contributed by atoms with van der Waals surface area (Å²) in [6.07, 6.45) is 2.91. The predicted octanol–water partition coefficient (Wildman–Crippen LogP) is 3.88. The van der Waals surface area contributed by atoms with Gasteiger partial charge in [0.2, 0.25) is 5.95 Å². The summed E-state index contributed by atoms with van der Waals surface area (Å²) in [5.41, 5.74) is 4.53. The van der Waals surface area contributed by atoms with E-state index in [0.29, 0.717) is 22.8 Å². The molecule has 0 aliphatic carbocycles. The van der Waals surface area contributed by atoms with E-state index in [1.165, 1.54) is 30.6 Å². The quantitative estimate of drug-likeness (QED) is 0.657. The summed E-state index contributed by atoms with van der Waals surface area (Å²) in [6.45, 7) is 4.08. The summed E-state index contributed by atoms with van der Waals surface area (Å²) in [5, 5.41) is 5.85. The SMILES string of the molecule is COC(=O)c1ccc(NC(=O)c2cnc(Nc3ccc(C)c(C)c3)nc2)cc1. The van der Waals surface area contributed by atoms with Crippen molar-refractivity contribution in [3.8, 4) is 0 Å². The van der Waals surface area contributed by atoms with Crippen molar-refractivity contribution < 1.29 is 14.3 Å². The number of benzene rings is 2. The highest BCUT2D eigenvalue weighted by Crippen LogP contribution is 2.17. The minimum absolute atomic E-state index is 0.322. The first-order valence-electron chi connectivity index (χ1n) is 8.62. The number of nitrogens with zero attached hydrogens (tertiary/aromatic N) is 2. The smallest absolute Gasteiger partial charge is 0.337 e. The van der Waals surface area contributed by atoms with Crippen LogP contribution in [-0.4, -0.2) is 29.0 Å². The molecule has 7 heteroatoms. The Morgan fingerprint density at radius 1 is 0.857 bits per heavy atom. The Hall–Kier alpha value is -3.74. The van der Waals surface area contributed by atoms with Crippen LogP contribution in [0.4, 0.5) is 17.3 Å². The highest BCUT2D eigenvalue weighted by atomic mass is 16.5. The van der Waals surface area contributed by atoms with E-state index in [1.54, 1.807) is 24.3 Å². The highest BCUT2D eigenvalue weighted by Gasteiger charge is 2.10. The molecule has 1 heterocycles. The maximum Gasteiger partial charge on any atom is 0.337 e. The van der Waals surface area contributed by atoms with E-state index in [2.05, 4.69) is 25.3 Å². The Bertz CT molecular complexity index is 999. The van der Waals surface area contributed by atoms with Crippen LogP contribution in [-0.2, 0) is 4.74 Å². The third-order valence-electron chi connectivity index (χ3n) is 4.24. The molecule has 1 aromatic heterocycles. The van der Waals surface area contributed by atoms with Crippen molar-refractivity contribution in [1.82, 2.24) is 9.97 Å². The number of anilines is 3. The van der Waals surface area contributed by atoms with Crippen LogP contribution in [0.3, 0.4) is 0 Å². The number of nitrogens with one attached hydrogen (secondary N) is 2. The predicted molar refractivity (Wildman–Crippen MR) is 107 cm³/mol. The molecule has 2 aromatic carbocycles. The molecule has 1 amide bonds. The third kappa shape index (κ3) is 4.50. The molecule has 0 saturated heterocycles. The standard InChI is InChI=1S/C21H20N4O3/c1-13-4-7-18(10-14(13)2)25-21-22-11-16(12-23-21)19(26)24-17-8-5-15(6-9-17)20(27)28-3/h4-12H,1-3H3,(H,24,26)(H,22,23,25). The molecule has 0 atom stereocenters. The largest absolute Gasteiger partial charge is 0.465 e. The van der Waals surface area contributed by atoms with Crippen LogP contribution in [0.25, 0.3) is 0 Å². The fourth-order valence-corrected chi connectivity index (χ4v) is 2.47. The van der Waals surface area contributed by atoms with Crippen LogP contribution in [0, 0.1) is 13.8 Å². The van der Waals surface area contributed by atoms with Gasteiger partial charge in [-0.3, -0.25) is 4.79 Å². The van der Waals surface area contributed by atoms with Gasteiger partial charge in [0, 0.05) is 23.8 Å². The van der Waals surface area contributed by atoms with Gasteiger partial charge in [-0.15, -0.1) is 0 Å². The van der Waals surface area contributed by atoms with Crippen LogP contribution in [0.5, 0.6) is 0 Å². The first kappa shape index (κ1) is 19.0. The Balaban J connectivity index is 1.64. The first-order valence-corrected chi connectivity index (χ1v) is 8.62. The number of carbonyl (C=O) groups is 2. The summed E-state index contributed by atoms with van der Waals surface area (Å²) in [4.78, 5) is 32.2. The maximum absolute atomic E-state index is 12.3. The zero-order valence-electron chi connectivity index (χ0n) is 15.8. The molecule has 0 aliphatic heterocycles. The summed E-state index contributed by atoms with van der Waals surface area (Å²) in [5.74, 6) is -0.371. The van der Waals surface area contributed by atoms with E-state index in [1.807, 2.05) is 32.0 Å². The number of methoxy groups -OCH3 is 1. The lowest BCUT2D eigenvalue weighted by Gasteiger charge is -2.08. The Morgan fingerprint density at radius 2 is 1.50 bits per heavy atom. The lowest BCUT2D eigenvalue weighted by molar-refractivity contribution is 0.0600. The molecule has 0 aliphatic rings. The number of hydrogen-bond acceptors (Lipinski definition) is 6. The van der Waals surface area contributed by atoms with E-state index < -0.39 is 5.97 Å². The minimum Gasteiger partial charge on any atom is -0.465 e. The number of carbonyl (C=O) groups excluding carboxylic acids is 2. The second-order valence-electron chi connectivity index (χ2n) is 6.24. The van der Waals surface area contributed by atoms with Gasteiger partial charge in [-0.25, -0.2) is 14.8 Å². The van der Waals surface area contributed by atoms with E-state index in [9.17, 15) is 9.59 Å². The lowest BCUT2D eigenvalue weighted by atomic mass is 10.1. The molecule has 0 unspecified atom stereocenters. The van der Waals surface area contributed by atoms with Gasteiger partial charge in [-0.1, -0.05) is 6.07 Å². The third-order valence-corrected chi connectivity index (χ3v) is 4.24. The van der Waals surface area contributed by atoms with Crippen LogP contribution >= 0.6 is 0 Å². The van der Waals surface area contributed by atoms with Crippen LogP contribution in [0.1, 0.15) is 31.8 Å². The number of rotatable bonds is 5.